The largest absolute Gasteiger partial charge is 0.497 e. The van der Waals surface area contributed by atoms with Gasteiger partial charge in [0.2, 0.25) is 0 Å². The molecule has 3 rings (SSSR count). The van der Waals surface area contributed by atoms with E-state index in [-0.39, 0.29) is 4.87 Å². The predicted molar refractivity (Wildman–Crippen MR) is 87.2 cm³/mol. The lowest BCUT2D eigenvalue weighted by atomic mass is 10.1. The van der Waals surface area contributed by atoms with Gasteiger partial charge in [-0.15, -0.1) is 0 Å². The molecule has 1 saturated carbocycles. The average Bonchev–Trinajstić information content (AvgIpc) is 3.30. The summed E-state index contributed by atoms with van der Waals surface area (Å²) in [4.78, 5) is 13.6. The molecule has 0 bridgehead atoms. The van der Waals surface area contributed by atoms with Gasteiger partial charge in [-0.2, -0.15) is 5.10 Å². The van der Waals surface area contributed by atoms with E-state index in [2.05, 4.69) is 34.2 Å². The molecule has 0 unspecified atom stereocenters. The Hall–Kier alpha value is -1.66. The number of H-pyrrole nitrogens is 1. The van der Waals surface area contributed by atoms with Gasteiger partial charge in [0.15, 0.2) is 0 Å². The van der Waals surface area contributed by atoms with Gasteiger partial charge in [-0.1, -0.05) is 23.5 Å². The van der Waals surface area contributed by atoms with Gasteiger partial charge in [0, 0.05) is 12.6 Å². The summed E-state index contributed by atoms with van der Waals surface area (Å²) in [6.07, 6.45) is 2.61. The fraction of sp³-hybridized carbons (Fsp3) is 0.500. The number of hydrogen-bond acceptors (Lipinski definition) is 5. The third kappa shape index (κ3) is 3.75. The highest BCUT2D eigenvalue weighted by Crippen LogP contribution is 2.36. The van der Waals surface area contributed by atoms with Gasteiger partial charge >= 0.3 is 4.87 Å². The Balaban J connectivity index is 1.73. The summed E-state index contributed by atoms with van der Waals surface area (Å²) in [6, 6.07) is 8.67. The standard InChI is InChI=1S/C16H21N3O2S/c1-11(13-5-6-13)19(10-15-17-18-16(20)22-15)9-12-3-7-14(21-2)8-4-12/h3-4,7-8,11,13H,5-6,9-10H2,1-2H3,(H,18,20)/t11-/m1/s1. The van der Waals surface area contributed by atoms with Crippen molar-refractivity contribution in [3.63, 3.8) is 0 Å². The quantitative estimate of drug-likeness (QED) is 0.852. The van der Waals surface area contributed by atoms with E-state index in [4.69, 9.17) is 4.74 Å². The minimum Gasteiger partial charge on any atom is -0.497 e. The molecule has 0 radical (unpaired) electrons. The molecule has 1 atom stereocenters. The first-order valence-electron chi connectivity index (χ1n) is 7.57. The Labute approximate surface area is 133 Å². The van der Waals surface area contributed by atoms with Crippen molar-refractivity contribution >= 4 is 11.3 Å². The van der Waals surface area contributed by atoms with E-state index in [0.29, 0.717) is 12.6 Å². The molecule has 0 amide bonds. The zero-order valence-corrected chi connectivity index (χ0v) is 13.7. The first-order valence-corrected chi connectivity index (χ1v) is 8.38. The van der Waals surface area contributed by atoms with Crippen molar-refractivity contribution in [1.82, 2.24) is 15.1 Å². The van der Waals surface area contributed by atoms with Gasteiger partial charge in [-0.3, -0.25) is 9.69 Å². The fourth-order valence-electron chi connectivity index (χ4n) is 2.69. The highest BCUT2D eigenvalue weighted by Gasteiger charge is 2.32. The molecule has 118 valence electrons. The molecule has 6 heteroatoms. The summed E-state index contributed by atoms with van der Waals surface area (Å²) in [5, 5.41) is 7.47. The normalized spacial score (nSPS) is 16.0. The lowest BCUT2D eigenvalue weighted by Crippen LogP contribution is -2.33. The van der Waals surface area contributed by atoms with Gasteiger partial charge < -0.3 is 4.74 Å². The van der Waals surface area contributed by atoms with Gasteiger partial charge in [0.25, 0.3) is 0 Å². The van der Waals surface area contributed by atoms with Crippen molar-refractivity contribution in [2.24, 2.45) is 5.92 Å². The van der Waals surface area contributed by atoms with Gasteiger partial charge in [0.05, 0.1) is 13.7 Å². The number of rotatable bonds is 7. The van der Waals surface area contributed by atoms with Crippen LogP contribution in [0.25, 0.3) is 0 Å². The van der Waals surface area contributed by atoms with Crippen LogP contribution in [-0.2, 0) is 13.1 Å². The molecule has 22 heavy (non-hydrogen) atoms. The van der Waals surface area contributed by atoms with E-state index in [9.17, 15) is 4.79 Å². The van der Waals surface area contributed by atoms with Crippen LogP contribution in [0.2, 0.25) is 0 Å². The van der Waals surface area contributed by atoms with Crippen LogP contribution in [0.3, 0.4) is 0 Å². The van der Waals surface area contributed by atoms with Crippen LogP contribution in [0.15, 0.2) is 29.1 Å². The molecule has 1 heterocycles. The molecule has 0 saturated heterocycles. The Bertz CT molecular complexity index is 661. The molecule has 1 aliphatic carbocycles. The number of aromatic nitrogens is 2. The lowest BCUT2D eigenvalue weighted by Gasteiger charge is -2.28. The monoisotopic (exact) mass is 319 g/mol. The predicted octanol–water partition coefficient (Wildman–Crippen LogP) is 2.64. The fourth-order valence-corrected chi connectivity index (χ4v) is 3.32. The first kappa shape index (κ1) is 15.2. The minimum absolute atomic E-state index is 0.0847. The zero-order valence-electron chi connectivity index (χ0n) is 12.9. The van der Waals surface area contributed by atoms with Crippen LogP contribution in [0, 0.1) is 5.92 Å². The third-order valence-corrected chi connectivity index (χ3v) is 4.98. The van der Waals surface area contributed by atoms with Crippen LogP contribution in [-0.4, -0.2) is 28.2 Å². The van der Waals surface area contributed by atoms with E-state index < -0.39 is 0 Å². The van der Waals surface area contributed by atoms with Crippen LogP contribution >= 0.6 is 11.3 Å². The molecule has 1 fully saturated rings. The van der Waals surface area contributed by atoms with Crippen molar-refractivity contribution in [2.75, 3.05) is 7.11 Å². The Kier molecular flexibility index (Phi) is 4.59. The summed E-state index contributed by atoms with van der Waals surface area (Å²) < 4.78 is 5.21. The lowest BCUT2D eigenvalue weighted by molar-refractivity contribution is 0.171. The van der Waals surface area contributed by atoms with E-state index in [1.807, 2.05) is 12.1 Å². The summed E-state index contributed by atoms with van der Waals surface area (Å²) in [5.74, 6) is 1.64. The van der Waals surface area contributed by atoms with Gasteiger partial charge in [-0.25, -0.2) is 5.10 Å². The second-order valence-corrected chi connectivity index (χ2v) is 6.88. The third-order valence-electron chi connectivity index (χ3n) is 4.25. The van der Waals surface area contributed by atoms with Crippen molar-refractivity contribution < 1.29 is 4.74 Å². The number of nitrogens with one attached hydrogen (secondary N) is 1. The van der Waals surface area contributed by atoms with Crippen LogP contribution in [0.4, 0.5) is 0 Å². The van der Waals surface area contributed by atoms with Crippen LogP contribution in [0.1, 0.15) is 30.3 Å². The molecule has 5 nitrogen and oxygen atoms in total. The molecule has 0 spiro atoms. The smallest absolute Gasteiger partial charge is 0.322 e. The molecule has 1 N–H and O–H groups in total. The number of aromatic amines is 1. The Morgan fingerprint density at radius 2 is 2.09 bits per heavy atom. The summed E-state index contributed by atoms with van der Waals surface area (Å²) >= 11 is 1.20. The highest BCUT2D eigenvalue weighted by atomic mass is 32.1. The maximum absolute atomic E-state index is 11.3. The maximum atomic E-state index is 11.3. The number of ether oxygens (including phenoxy) is 1. The molecule has 1 aromatic carbocycles. The molecule has 1 aromatic heterocycles. The van der Waals surface area contributed by atoms with E-state index >= 15 is 0 Å². The Morgan fingerprint density at radius 1 is 1.36 bits per heavy atom. The average molecular weight is 319 g/mol. The van der Waals surface area contributed by atoms with Crippen molar-refractivity contribution in [3.05, 3.63) is 44.5 Å². The van der Waals surface area contributed by atoms with Gasteiger partial charge in [0.1, 0.15) is 10.8 Å². The second-order valence-electron chi connectivity index (χ2n) is 5.84. The van der Waals surface area contributed by atoms with E-state index in [1.54, 1.807) is 7.11 Å². The van der Waals surface area contributed by atoms with Crippen molar-refractivity contribution in [1.29, 1.82) is 0 Å². The molecular formula is C16H21N3O2S. The molecule has 2 aromatic rings. The minimum atomic E-state index is -0.0847. The number of hydrogen-bond donors (Lipinski definition) is 1. The highest BCUT2D eigenvalue weighted by molar-refractivity contribution is 7.08. The van der Waals surface area contributed by atoms with Crippen LogP contribution in [0.5, 0.6) is 5.75 Å². The van der Waals surface area contributed by atoms with Gasteiger partial charge in [-0.05, 0) is 43.4 Å². The van der Waals surface area contributed by atoms with E-state index in [1.165, 1.54) is 29.7 Å². The Morgan fingerprint density at radius 3 is 2.64 bits per heavy atom. The summed E-state index contributed by atoms with van der Waals surface area (Å²) in [5.41, 5.74) is 1.25. The second kappa shape index (κ2) is 6.62. The zero-order chi connectivity index (χ0) is 15.5. The number of methoxy groups -OCH3 is 1. The molecular weight excluding hydrogens is 298 g/mol. The van der Waals surface area contributed by atoms with Crippen LogP contribution < -0.4 is 9.61 Å². The SMILES string of the molecule is COc1ccc(CN(Cc2n[nH]c(=O)s2)[C@H](C)C2CC2)cc1. The van der Waals surface area contributed by atoms with Crippen molar-refractivity contribution in [3.8, 4) is 5.75 Å². The molecule has 1 aliphatic rings. The number of nitrogens with zero attached hydrogens (tertiary/aromatic N) is 2. The number of benzene rings is 1. The summed E-state index contributed by atoms with van der Waals surface area (Å²) in [6.45, 7) is 3.85. The van der Waals surface area contributed by atoms with Crippen molar-refractivity contribution in [2.45, 2.75) is 38.9 Å². The topological polar surface area (TPSA) is 58.2 Å². The first-order chi connectivity index (χ1) is 10.7. The van der Waals surface area contributed by atoms with E-state index in [0.717, 1.165) is 23.2 Å². The molecule has 0 aliphatic heterocycles. The summed E-state index contributed by atoms with van der Waals surface area (Å²) in [7, 11) is 1.68. The maximum Gasteiger partial charge on any atom is 0.322 e.